The van der Waals surface area contributed by atoms with Gasteiger partial charge >= 0.3 is 5.97 Å². The van der Waals surface area contributed by atoms with Gasteiger partial charge in [0, 0.05) is 10.9 Å². The molecule has 8 nitrogen and oxygen atoms in total. The molecule has 0 spiro atoms. The monoisotopic (exact) mass is 524 g/mol. The smallest absolute Gasteiger partial charge is 0.323 e. The van der Waals surface area contributed by atoms with Gasteiger partial charge in [-0.05, 0) is 42.0 Å². The van der Waals surface area contributed by atoms with Crippen LogP contribution in [-0.2, 0) is 17.9 Å². The summed E-state index contributed by atoms with van der Waals surface area (Å²) in [6.45, 7) is -0.435. The molecule has 37 heavy (non-hydrogen) atoms. The first kappa shape index (κ1) is 24.2. The Hall–Kier alpha value is -4.51. The van der Waals surface area contributed by atoms with E-state index in [0.717, 1.165) is 11.0 Å². The highest BCUT2D eigenvalue weighted by Gasteiger charge is 2.22. The highest BCUT2D eigenvalue weighted by molar-refractivity contribution is 7.09. The van der Waals surface area contributed by atoms with E-state index in [2.05, 4.69) is 4.98 Å². The van der Waals surface area contributed by atoms with Crippen LogP contribution in [0.1, 0.15) is 21.3 Å². The minimum atomic E-state index is -1.15. The molecule has 0 saturated heterocycles. The summed E-state index contributed by atoms with van der Waals surface area (Å²) in [6, 6.07) is 12.5. The van der Waals surface area contributed by atoms with Crippen LogP contribution in [0, 0.1) is 11.6 Å². The first-order valence-corrected chi connectivity index (χ1v) is 11.8. The average molecular weight is 525 g/mol. The van der Waals surface area contributed by atoms with E-state index >= 15 is 0 Å². The Morgan fingerprint density at radius 2 is 1.89 bits per heavy atom. The summed E-state index contributed by atoms with van der Waals surface area (Å²) >= 11 is 1.20. The lowest BCUT2D eigenvalue weighted by molar-refractivity contribution is -0.137. The SMILES string of the molecule is O=C(O)CN(Cc1ccco1)C(=O)c1csc(COc2ccc(-c3cc(F)c(F)c4ccoc34)cc2)n1. The number of amides is 1. The topological polar surface area (TPSA) is 106 Å². The fraction of sp³-hybridized carbons (Fsp3) is 0.115. The Kier molecular flexibility index (Phi) is 6.69. The zero-order chi connectivity index (χ0) is 25.9. The minimum absolute atomic E-state index is 0.00386. The van der Waals surface area contributed by atoms with Crippen LogP contribution in [0.4, 0.5) is 8.78 Å². The Morgan fingerprint density at radius 3 is 2.62 bits per heavy atom. The molecule has 1 amide bonds. The number of carboxylic acid groups (broad SMARTS) is 1. The van der Waals surface area contributed by atoms with Crippen molar-refractivity contribution in [1.29, 1.82) is 0 Å². The summed E-state index contributed by atoms with van der Waals surface area (Å²) in [5, 5.41) is 11.3. The third-order valence-electron chi connectivity index (χ3n) is 5.47. The van der Waals surface area contributed by atoms with Crippen LogP contribution in [-0.4, -0.2) is 33.4 Å². The normalized spacial score (nSPS) is 11.1. The van der Waals surface area contributed by atoms with Crippen molar-refractivity contribution in [2.45, 2.75) is 13.2 Å². The van der Waals surface area contributed by atoms with E-state index < -0.39 is 30.1 Å². The Bertz CT molecular complexity index is 1560. The first-order chi connectivity index (χ1) is 17.9. The molecule has 0 atom stereocenters. The molecule has 0 radical (unpaired) electrons. The van der Waals surface area contributed by atoms with Crippen molar-refractivity contribution in [3.8, 4) is 16.9 Å². The number of thiazole rings is 1. The van der Waals surface area contributed by atoms with Crippen LogP contribution >= 0.6 is 11.3 Å². The van der Waals surface area contributed by atoms with Gasteiger partial charge in [0.2, 0.25) is 0 Å². The number of furan rings is 2. The number of hydrogen-bond donors (Lipinski definition) is 1. The Morgan fingerprint density at radius 1 is 1.08 bits per heavy atom. The second-order valence-electron chi connectivity index (χ2n) is 7.96. The summed E-state index contributed by atoms with van der Waals surface area (Å²) in [4.78, 5) is 29.5. The maximum absolute atomic E-state index is 14.0. The number of carbonyl (C=O) groups is 2. The zero-order valence-corrected chi connectivity index (χ0v) is 19.8. The number of carbonyl (C=O) groups excluding carboxylic acids is 1. The van der Waals surface area contributed by atoms with E-state index in [0.29, 0.717) is 27.6 Å². The maximum atomic E-state index is 14.0. The summed E-state index contributed by atoms with van der Waals surface area (Å²) in [7, 11) is 0. The van der Waals surface area contributed by atoms with E-state index in [1.807, 2.05) is 0 Å². The molecule has 0 aliphatic heterocycles. The predicted molar refractivity (Wildman–Crippen MR) is 129 cm³/mol. The van der Waals surface area contributed by atoms with Crippen LogP contribution in [0.5, 0.6) is 5.75 Å². The molecular weight excluding hydrogens is 506 g/mol. The molecule has 0 aliphatic carbocycles. The highest BCUT2D eigenvalue weighted by Crippen LogP contribution is 2.33. The van der Waals surface area contributed by atoms with Crippen molar-refractivity contribution < 1.29 is 37.0 Å². The van der Waals surface area contributed by atoms with Crippen molar-refractivity contribution in [2.24, 2.45) is 0 Å². The van der Waals surface area contributed by atoms with E-state index in [4.69, 9.17) is 13.6 Å². The predicted octanol–water partition coefficient (Wildman–Crippen LogP) is 5.73. The molecule has 3 heterocycles. The van der Waals surface area contributed by atoms with Gasteiger partial charge in [0.05, 0.1) is 24.5 Å². The second kappa shape index (κ2) is 10.2. The van der Waals surface area contributed by atoms with Gasteiger partial charge < -0.3 is 23.6 Å². The van der Waals surface area contributed by atoms with Gasteiger partial charge in [-0.15, -0.1) is 11.3 Å². The molecule has 11 heteroatoms. The number of nitrogens with zero attached hydrogens (tertiary/aromatic N) is 2. The van der Waals surface area contributed by atoms with E-state index in [9.17, 15) is 23.5 Å². The van der Waals surface area contributed by atoms with Crippen molar-refractivity contribution in [2.75, 3.05) is 6.54 Å². The zero-order valence-electron chi connectivity index (χ0n) is 19.0. The second-order valence-corrected chi connectivity index (χ2v) is 8.90. The molecule has 0 saturated carbocycles. The highest BCUT2D eigenvalue weighted by atomic mass is 32.1. The number of carboxylic acids is 1. The quantitative estimate of drug-likeness (QED) is 0.262. The van der Waals surface area contributed by atoms with Crippen molar-refractivity contribution >= 4 is 34.2 Å². The minimum Gasteiger partial charge on any atom is -0.486 e. The largest absolute Gasteiger partial charge is 0.486 e. The molecular formula is C26H18F2N2O6S. The van der Waals surface area contributed by atoms with Crippen molar-refractivity contribution in [3.63, 3.8) is 0 Å². The molecule has 3 aromatic heterocycles. The molecule has 0 aliphatic rings. The van der Waals surface area contributed by atoms with Gasteiger partial charge in [-0.1, -0.05) is 12.1 Å². The number of hydrogen-bond acceptors (Lipinski definition) is 7. The fourth-order valence-corrected chi connectivity index (χ4v) is 4.44. The molecule has 1 N–H and O–H groups in total. The van der Waals surface area contributed by atoms with E-state index in [1.54, 1.807) is 41.8 Å². The number of rotatable bonds is 9. The summed E-state index contributed by atoms with van der Waals surface area (Å²) in [5.74, 6) is -2.67. The van der Waals surface area contributed by atoms with Crippen molar-refractivity contribution in [1.82, 2.24) is 9.88 Å². The molecule has 188 valence electrons. The number of aromatic nitrogens is 1. The van der Waals surface area contributed by atoms with Crippen LogP contribution in [0.15, 0.2) is 75.3 Å². The lowest BCUT2D eigenvalue weighted by atomic mass is 10.0. The van der Waals surface area contributed by atoms with E-state index in [-0.39, 0.29) is 29.8 Å². The average Bonchev–Trinajstić information content (AvgIpc) is 3.66. The molecule has 0 bridgehead atoms. The third kappa shape index (κ3) is 5.21. The van der Waals surface area contributed by atoms with Crippen LogP contribution < -0.4 is 4.74 Å². The molecule has 5 aromatic rings. The Balaban J connectivity index is 1.25. The molecule has 5 rings (SSSR count). The van der Waals surface area contributed by atoms with Crippen LogP contribution in [0.25, 0.3) is 22.1 Å². The summed E-state index contributed by atoms with van der Waals surface area (Å²) < 4.78 is 44.3. The van der Waals surface area contributed by atoms with Crippen LogP contribution in [0.3, 0.4) is 0 Å². The lowest BCUT2D eigenvalue weighted by Gasteiger charge is -2.18. The lowest BCUT2D eigenvalue weighted by Crippen LogP contribution is -2.35. The standard InChI is InChI=1S/C26H18F2N2O6S/c27-20-10-19(25-18(24(20)28)7-9-35-25)15-3-5-16(6-4-15)36-13-22-29-21(14-37-22)26(33)30(12-23(31)32)11-17-2-1-8-34-17/h1-10,14H,11-13H2,(H,31,32). The fourth-order valence-electron chi connectivity index (χ4n) is 3.76. The number of ether oxygens (including phenoxy) is 1. The van der Waals surface area contributed by atoms with Gasteiger partial charge in [0.1, 0.15) is 40.9 Å². The Labute approximate surface area is 212 Å². The first-order valence-electron chi connectivity index (χ1n) is 11.0. The number of fused-ring (bicyclic) bond motifs is 1. The van der Waals surface area contributed by atoms with Crippen molar-refractivity contribution in [3.05, 3.63) is 94.5 Å². The number of halogens is 2. The molecule has 0 unspecified atom stereocenters. The van der Waals surface area contributed by atoms with Gasteiger partial charge in [0.15, 0.2) is 11.6 Å². The third-order valence-corrected chi connectivity index (χ3v) is 6.29. The number of aliphatic carboxylic acids is 1. The molecule has 2 aromatic carbocycles. The van der Waals surface area contributed by atoms with Gasteiger partial charge in [-0.3, -0.25) is 9.59 Å². The van der Waals surface area contributed by atoms with E-state index in [1.165, 1.54) is 29.9 Å². The summed E-state index contributed by atoms with van der Waals surface area (Å²) in [5.41, 5.74) is 1.38. The summed E-state index contributed by atoms with van der Waals surface area (Å²) in [6.07, 6.45) is 2.75. The van der Waals surface area contributed by atoms with Gasteiger partial charge in [-0.25, -0.2) is 13.8 Å². The maximum Gasteiger partial charge on any atom is 0.323 e. The van der Waals surface area contributed by atoms with Crippen LogP contribution in [0.2, 0.25) is 0 Å². The van der Waals surface area contributed by atoms with Gasteiger partial charge in [0.25, 0.3) is 5.91 Å². The van der Waals surface area contributed by atoms with Gasteiger partial charge in [-0.2, -0.15) is 0 Å². The molecule has 0 fully saturated rings. The number of benzene rings is 2.